The largest absolute Gasteiger partial charge is 0.464 e. The van der Waals surface area contributed by atoms with Crippen LogP contribution in [0.2, 0.25) is 0 Å². The molecule has 0 saturated carbocycles. The molecule has 2 aliphatic heterocycles. The van der Waals surface area contributed by atoms with Crippen LogP contribution in [0.4, 0.5) is 0 Å². The van der Waals surface area contributed by atoms with Gasteiger partial charge in [-0.15, -0.1) is 5.48 Å². The summed E-state index contributed by atoms with van der Waals surface area (Å²) >= 11 is 0. The number of hydroxylamine groups is 1. The lowest BCUT2D eigenvalue weighted by Crippen LogP contribution is -2.37. The number of nitrogens with one attached hydrogen (secondary N) is 2. The highest BCUT2D eigenvalue weighted by Crippen LogP contribution is 2.21. The van der Waals surface area contributed by atoms with Gasteiger partial charge < -0.3 is 14.9 Å². The van der Waals surface area contributed by atoms with Crippen LogP contribution in [-0.2, 0) is 14.4 Å². The molecule has 2 aliphatic rings. The number of allylic oxidation sites excluding steroid dienone is 1. The third kappa shape index (κ3) is 1.46. The van der Waals surface area contributed by atoms with Crippen LogP contribution >= 0.6 is 0 Å². The molecule has 0 amide bonds. The van der Waals surface area contributed by atoms with Gasteiger partial charge in [-0.2, -0.15) is 0 Å². The predicted molar refractivity (Wildman–Crippen MR) is 48.8 cm³/mol. The van der Waals surface area contributed by atoms with Crippen molar-refractivity contribution < 1.29 is 14.4 Å². The van der Waals surface area contributed by atoms with Gasteiger partial charge in [-0.3, -0.25) is 0 Å². The first-order chi connectivity index (χ1) is 6.83. The van der Waals surface area contributed by atoms with Gasteiger partial charge >= 0.3 is 5.97 Å². The predicted octanol–water partition coefficient (Wildman–Crippen LogP) is -0.176. The zero-order valence-electron chi connectivity index (χ0n) is 7.87. The van der Waals surface area contributed by atoms with E-state index in [9.17, 15) is 4.79 Å². The van der Waals surface area contributed by atoms with Crippen LogP contribution in [-0.4, -0.2) is 25.2 Å². The number of rotatable bonds is 2. The van der Waals surface area contributed by atoms with Gasteiger partial charge in [0.1, 0.15) is 0 Å². The Bertz CT molecular complexity index is 309. The number of hydrogen-bond acceptors (Lipinski definition) is 5. The van der Waals surface area contributed by atoms with Gasteiger partial charge in [-0.05, 0) is 13.0 Å². The summed E-state index contributed by atoms with van der Waals surface area (Å²) in [4.78, 5) is 16.6. The molecule has 0 bridgehead atoms. The second-order valence-corrected chi connectivity index (χ2v) is 3.01. The fraction of sp³-hybridized carbons (Fsp3) is 0.444. The molecule has 0 aromatic rings. The molecule has 1 atom stereocenters. The first kappa shape index (κ1) is 9.08. The number of carbonyl (C=O) groups excluding carboxylic acids is 1. The quantitative estimate of drug-likeness (QED) is 0.600. The average molecular weight is 196 g/mol. The van der Waals surface area contributed by atoms with Crippen LogP contribution in [0.5, 0.6) is 0 Å². The summed E-state index contributed by atoms with van der Waals surface area (Å²) in [5.74, 6) is 0.413. The number of carbonyl (C=O) groups is 1. The van der Waals surface area contributed by atoms with Crippen LogP contribution in [0.15, 0.2) is 23.6 Å². The molecule has 2 heterocycles. The minimum atomic E-state index is -0.470. The summed E-state index contributed by atoms with van der Waals surface area (Å²) in [6, 6.07) is -0.470. The highest BCUT2D eigenvalue weighted by Gasteiger charge is 2.33. The Balaban J connectivity index is 2.12. The van der Waals surface area contributed by atoms with Gasteiger partial charge in [-0.1, -0.05) is 0 Å². The standard InChI is InChI=1S/C9H12N2O3/c1-2-13-9(12)8-6-5-10-4-3-7(6)14-11-8/h3-4,8,10-11H,2,5H2,1H3. The second kappa shape index (κ2) is 3.71. The molecular weight excluding hydrogens is 184 g/mol. The van der Waals surface area contributed by atoms with Gasteiger partial charge in [0.05, 0.1) is 6.61 Å². The Morgan fingerprint density at radius 2 is 2.64 bits per heavy atom. The molecule has 0 aromatic carbocycles. The Morgan fingerprint density at radius 1 is 1.79 bits per heavy atom. The molecular formula is C9H12N2O3. The van der Waals surface area contributed by atoms with E-state index in [2.05, 4.69) is 10.8 Å². The smallest absolute Gasteiger partial charge is 0.331 e. The molecule has 5 nitrogen and oxygen atoms in total. The van der Waals surface area contributed by atoms with Crippen molar-refractivity contribution in [3.05, 3.63) is 23.6 Å². The third-order valence-corrected chi connectivity index (χ3v) is 2.12. The van der Waals surface area contributed by atoms with Crippen LogP contribution in [0, 0.1) is 0 Å². The van der Waals surface area contributed by atoms with Crippen molar-refractivity contribution in [1.29, 1.82) is 0 Å². The van der Waals surface area contributed by atoms with Gasteiger partial charge in [0, 0.05) is 18.3 Å². The van der Waals surface area contributed by atoms with Gasteiger partial charge in [-0.25, -0.2) is 4.79 Å². The van der Waals surface area contributed by atoms with E-state index in [1.807, 2.05) is 0 Å². The summed E-state index contributed by atoms with van der Waals surface area (Å²) in [6.07, 6.45) is 3.57. The Labute approximate surface area is 81.7 Å². The Morgan fingerprint density at radius 3 is 3.43 bits per heavy atom. The van der Waals surface area contributed by atoms with Crippen LogP contribution in [0.1, 0.15) is 6.92 Å². The van der Waals surface area contributed by atoms with Crippen molar-refractivity contribution in [2.24, 2.45) is 0 Å². The van der Waals surface area contributed by atoms with Gasteiger partial charge in [0.2, 0.25) is 0 Å². The number of dihydropyridines is 1. The lowest BCUT2D eigenvalue weighted by atomic mass is 10.1. The van der Waals surface area contributed by atoms with Crippen molar-refractivity contribution in [2.45, 2.75) is 13.0 Å². The first-order valence-electron chi connectivity index (χ1n) is 4.55. The average Bonchev–Trinajstić information content (AvgIpc) is 2.61. The van der Waals surface area contributed by atoms with E-state index < -0.39 is 6.04 Å². The normalized spacial score (nSPS) is 23.9. The van der Waals surface area contributed by atoms with Crippen LogP contribution < -0.4 is 10.8 Å². The monoisotopic (exact) mass is 196 g/mol. The first-order valence-corrected chi connectivity index (χ1v) is 4.55. The summed E-state index contributed by atoms with van der Waals surface area (Å²) < 4.78 is 4.91. The number of esters is 1. The molecule has 0 aliphatic carbocycles. The van der Waals surface area contributed by atoms with Crippen molar-refractivity contribution in [3.8, 4) is 0 Å². The van der Waals surface area contributed by atoms with Crippen molar-refractivity contribution >= 4 is 5.97 Å². The number of hydrogen-bond donors (Lipinski definition) is 2. The summed E-state index contributed by atoms with van der Waals surface area (Å²) in [5, 5.41) is 3.02. The van der Waals surface area contributed by atoms with E-state index in [1.165, 1.54) is 0 Å². The summed E-state index contributed by atoms with van der Waals surface area (Å²) in [5.41, 5.74) is 3.54. The Kier molecular flexibility index (Phi) is 2.41. The van der Waals surface area contributed by atoms with Crippen molar-refractivity contribution in [2.75, 3.05) is 13.2 Å². The highest BCUT2D eigenvalue weighted by atomic mass is 16.7. The molecule has 76 valence electrons. The Hall–Kier alpha value is -1.49. The fourth-order valence-electron chi connectivity index (χ4n) is 1.45. The number of ether oxygens (including phenoxy) is 1. The molecule has 0 saturated heterocycles. The fourth-order valence-corrected chi connectivity index (χ4v) is 1.45. The van der Waals surface area contributed by atoms with Gasteiger partial charge in [0.15, 0.2) is 11.8 Å². The molecule has 0 aromatic heterocycles. The molecule has 1 unspecified atom stereocenters. The van der Waals surface area contributed by atoms with E-state index in [0.29, 0.717) is 18.9 Å². The SMILES string of the molecule is CCOC(=O)C1NOC2=C1CNC=C2. The van der Waals surface area contributed by atoms with Crippen LogP contribution in [0.3, 0.4) is 0 Å². The lowest BCUT2D eigenvalue weighted by molar-refractivity contribution is -0.146. The molecule has 5 heteroatoms. The molecule has 2 N–H and O–H groups in total. The van der Waals surface area contributed by atoms with Crippen LogP contribution in [0.25, 0.3) is 0 Å². The molecule has 2 rings (SSSR count). The lowest BCUT2D eigenvalue weighted by Gasteiger charge is -2.12. The maximum atomic E-state index is 11.4. The zero-order valence-corrected chi connectivity index (χ0v) is 7.87. The highest BCUT2D eigenvalue weighted by molar-refractivity contribution is 5.80. The van der Waals surface area contributed by atoms with E-state index in [4.69, 9.17) is 9.57 Å². The van der Waals surface area contributed by atoms with Gasteiger partial charge in [0.25, 0.3) is 0 Å². The minimum Gasteiger partial charge on any atom is -0.464 e. The topological polar surface area (TPSA) is 59.6 Å². The van der Waals surface area contributed by atoms with Crippen molar-refractivity contribution in [1.82, 2.24) is 10.8 Å². The maximum Gasteiger partial charge on any atom is 0.331 e. The summed E-state index contributed by atoms with van der Waals surface area (Å²) in [7, 11) is 0. The zero-order chi connectivity index (χ0) is 9.97. The summed E-state index contributed by atoms with van der Waals surface area (Å²) in [6.45, 7) is 2.77. The molecule has 0 spiro atoms. The molecule has 0 fully saturated rings. The maximum absolute atomic E-state index is 11.4. The minimum absolute atomic E-state index is 0.297. The van der Waals surface area contributed by atoms with E-state index >= 15 is 0 Å². The van der Waals surface area contributed by atoms with Crippen molar-refractivity contribution in [3.63, 3.8) is 0 Å². The molecule has 14 heavy (non-hydrogen) atoms. The third-order valence-electron chi connectivity index (χ3n) is 2.12. The van der Waals surface area contributed by atoms with E-state index in [1.54, 1.807) is 19.2 Å². The van der Waals surface area contributed by atoms with E-state index in [0.717, 1.165) is 5.57 Å². The molecule has 0 radical (unpaired) electrons. The van der Waals surface area contributed by atoms with E-state index in [-0.39, 0.29) is 5.97 Å². The second-order valence-electron chi connectivity index (χ2n) is 3.01.